The summed E-state index contributed by atoms with van der Waals surface area (Å²) in [6, 6.07) is 10.8. The Morgan fingerprint density at radius 2 is 1.36 bits per heavy atom. The third-order valence-electron chi connectivity index (χ3n) is 5.86. The van der Waals surface area contributed by atoms with Crippen molar-refractivity contribution < 1.29 is 14.7 Å². The van der Waals surface area contributed by atoms with Crippen LogP contribution in [0.5, 0.6) is 0 Å². The summed E-state index contributed by atoms with van der Waals surface area (Å²) in [6.45, 7) is 0. The highest BCUT2D eigenvalue weighted by atomic mass is 16.4. The molecule has 4 heterocycles. The van der Waals surface area contributed by atoms with E-state index in [9.17, 15) is 9.59 Å². The predicted octanol–water partition coefficient (Wildman–Crippen LogP) is 4.36. The first kappa shape index (κ1) is 22.3. The molecule has 4 aromatic heterocycles. The monoisotopic (exact) mass is 443 g/mol. The van der Waals surface area contributed by atoms with Gasteiger partial charge in [0.2, 0.25) is 0 Å². The molecule has 8 nitrogen and oxygen atoms in total. The van der Waals surface area contributed by atoms with Gasteiger partial charge in [-0.15, -0.1) is 0 Å². The molecule has 33 heavy (non-hydrogen) atoms. The van der Waals surface area contributed by atoms with Gasteiger partial charge >= 0.3 is 5.97 Å². The highest BCUT2D eigenvalue weighted by Crippen LogP contribution is 2.23. The van der Waals surface area contributed by atoms with E-state index in [2.05, 4.69) is 19.9 Å². The van der Waals surface area contributed by atoms with Crippen LogP contribution in [-0.4, -0.2) is 54.9 Å². The molecule has 1 aliphatic rings. The van der Waals surface area contributed by atoms with Gasteiger partial charge in [-0.05, 0) is 49.2 Å². The van der Waals surface area contributed by atoms with Crippen molar-refractivity contribution in [2.45, 2.75) is 38.1 Å². The summed E-state index contributed by atoms with van der Waals surface area (Å²) in [5, 5.41) is 10.5. The molecule has 0 aromatic carbocycles. The molecule has 0 bridgehead atoms. The second kappa shape index (κ2) is 10.1. The van der Waals surface area contributed by atoms with Crippen molar-refractivity contribution >= 4 is 33.7 Å². The minimum Gasteiger partial charge on any atom is -0.477 e. The molecule has 0 aliphatic heterocycles. The van der Waals surface area contributed by atoms with Crippen LogP contribution >= 0.6 is 0 Å². The largest absolute Gasteiger partial charge is 0.477 e. The van der Waals surface area contributed by atoms with Gasteiger partial charge in [0.15, 0.2) is 0 Å². The highest BCUT2D eigenvalue weighted by molar-refractivity contribution is 5.94. The minimum absolute atomic E-state index is 0.0237. The van der Waals surface area contributed by atoms with Gasteiger partial charge in [0, 0.05) is 48.6 Å². The summed E-state index contributed by atoms with van der Waals surface area (Å²) in [5.74, 6) is -0.991. The van der Waals surface area contributed by atoms with Gasteiger partial charge in [0.1, 0.15) is 11.4 Å². The van der Waals surface area contributed by atoms with E-state index < -0.39 is 5.97 Å². The highest BCUT2D eigenvalue weighted by Gasteiger charge is 2.23. The smallest absolute Gasteiger partial charge is 0.354 e. The first-order chi connectivity index (χ1) is 16.0. The molecule has 1 saturated carbocycles. The Hall–Kier alpha value is -3.94. The lowest BCUT2D eigenvalue weighted by Crippen LogP contribution is -2.38. The molecular formula is C25H25N5O3. The van der Waals surface area contributed by atoms with Gasteiger partial charge in [-0.3, -0.25) is 14.8 Å². The first-order valence-electron chi connectivity index (χ1n) is 10.9. The van der Waals surface area contributed by atoms with Crippen molar-refractivity contribution in [3.63, 3.8) is 0 Å². The van der Waals surface area contributed by atoms with Crippen LogP contribution < -0.4 is 0 Å². The number of pyridine rings is 4. The van der Waals surface area contributed by atoms with Crippen molar-refractivity contribution in [1.29, 1.82) is 0 Å². The summed E-state index contributed by atoms with van der Waals surface area (Å²) >= 11 is 0. The Labute approximate surface area is 191 Å². The topological polar surface area (TPSA) is 109 Å². The first-order valence-corrected chi connectivity index (χ1v) is 10.9. The van der Waals surface area contributed by atoms with E-state index in [4.69, 9.17) is 5.11 Å². The van der Waals surface area contributed by atoms with Crippen molar-refractivity contribution in [3.05, 3.63) is 72.6 Å². The lowest BCUT2D eigenvalue weighted by atomic mass is 9.94. The van der Waals surface area contributed by atoms with Gasteiger partial charge in [0.05, 0.1) is 11.0 Å². The van der Waals surface area contributed by atoms with Gasteiger partial charge in [-0.1, -0.05) is 19.3 Å². The second-order valence-corrected chi connectivity index (χ2v) is 8.04. The Balaban J connectivity index is 0.000000172. The van der Waals surface area contributed by atoms with E-state index >= 15 is 0 Å². The Morgan fingerprint density at radius 3 is 1.94 bits per heavy atom. The third kappa shape index (κ3) is 5.28. The number of hydrogen-bond donors (Lipinski definition) is 1. The molecule has 0 unspecified atom stereocenters. The lowest BCUT2D eigenvalue weighted by molar-refractivity contribution is 0.0682. The number of nitrogens with zero attached hydrogens (tertiary/aromatic N) is 5. The van der Waals surface area contributed by atoms with Crippen LogP contribution in [0.1, 0.15) is 53.1 Å². The lowest BCUT2D eigenvalue weighted by Gasteiger charge is -2.31. The Kier molecular flexibility index (Phi) is 6.83. The number of carbonyl (C=O) groups is 2. The summed E-state index contributed by atoms with van der Waals surface area (Å²) in [7, 11) is 1.90. The molecule has 4 aromatic rings. The molecule has 5 rings (SSSR count). The Bertz CT molecular complexity index is 1290. The number of carboxylic acid groups (broad SMARTS) is 1. The number of amides is 1. The van der Waals surface area contributed by atoms with Crippen LogP contribution in [0.4, 0.5) is 0 Å². The fourth-order valence-electron chi connectivity index (χ4n) is 3.98. The number of rotatable bonds is 3. The number of hydrogen-bond acceptors (Lipinski definition) is 6. The van der Waals surface area contributed by atoms with Gasteiger partial charge in [-0.25, -0.2) is 14.8 Å². The summed E-state index contributed by atoms with van der Waals surface area (Å²) in [6.07, 6.45) is 12.7. The normalized spacial score (nSPS) is 13.8. The van der Waals surface area contributed by atoms with Crippen LogP contribution in [0.25, 0.3) is 21.8 Å². The van der Waals surface area contributed by atoms with E-state index in [1.807, 2.05) is 24.1 Å². The summed E-state index contributed by atoms with van der Waals surface area (Å²) in [4.78, 5) is 41.3. The molecule has 1 amide bonds. The van der Waals surface area contributed by atoms with Crippen LogP contribution in [0.15, 0.2) is 61.2 Å². The molecule has 0 radical (unpaired) electrons. The number of carbonyl (C=O) groups excluding carboxylic acids is 1. The average Bonchev–Trinajstić information content (AvgIpc) is 2.88. The van der Waals surface area contributed by atoms with Crippen molar-refractivity contribution in [3.8, 4) is 0 Å². The predicted molar refractivity (Wildman–Crippen MR) is 125 cm³/mol. The fourth-order valence-corrected chi connectivity index (χ4v) is 3.98. The number of carboxylic acids is 1. The Morgan fingerprint density at radius 1 is 0.818 bits per heavy atom. The van der Waals surface area contributed by atoms with Crippen LogP contribution in [0, 0.1) is 0 Å². The SMILES string of the molecule is CN(C(=O)c1ccc2cnccc2n1)C1CCCCC1.O=C(O)c1ccc2cnccc2n1. The van der Waals surface area contributed by atoms with Gasteiger partial charge in [0.25, 0.3) is 5.91 Å². The molecule has 8 heteroatoms. The number of fused-ring (bicyclic) bond motifs is 2. The third-order valence-corrected chi connectivity index (χ3v) is 5.86. The van der Waals surface area contributed by atoms with Crippen molar-refractivity contribution in [2.75, 3.05) is 7.05 Å². The molecule has 0 spiro atoms. The molecule has 1 aliphatic carbocycles. The molecule has 168 valence electrons. The van der Waals surface area contributed by atoms with Crippen molar-refractivity contribution in [2.24, 2.45) is 0 Å². The molecule has 0 saturated heterocycles. The second-order valence-electron chi connectivity index (χ2n) is 8.04. The van der Waals surface area contributed by atoms with E-state index in [1.165, 1.54) is 25.3 Å². The van der Waals surface area contributed by atoms with E-state index in [0.717, 1.165) is 29.1 Å². The zero-order valence-corrected chi connectivity index (χ0v) is 18.4. The quantitative estimate of drug-likeness (QED) is 0.501. The molecule has 1 N–H and O–H groups in total. The maximum atomic E-state index is 12.5. The minimum atomic E-state index is -1.02. The standard InChI is InChI=1S/C16H19N3O.C9H6N2O2/c1-19(13-5-3-2-4-6-13)16(20)15-8-7-12-11-17-10-9-14(12)18-15;12-9(13)8-2-1-6-5-10-4-3-7(6)11-8/h7-11,13H,2-6H2,1H3;1-5H,(H,12,13). The summed E-state index contributed by atoms with van der Waals surface area (Å²) in [5.41, 5.74) is 2.05. The van der Waals surface area contributed by atoms with Gasteiger partial charge < -0.3 is 10.0 Å². The van der Waals surface area contributed by atoms with Crippen molar-refractivity contribution in [1.82, 2.24) is 24.8 Å². The van der Waals surface area contributed by atoms with E-state index in [0.29, 0.717) is 17.3 Å². The zero-order valence-electron chi connectivity index (χ0n) is 18.4. The number of aromatic carboxylic acids is 1. The number of aromatic nitrogens is 4. The van der Waals surface area contributed by atoms with E-state index in [1.54, 1.807) is 43.0 Å². The molecule has 0 atom stereocenters. The fraction of sp³-hybridized carbons (Fsp3) is 0.280. The maximum absolute atomic E-state index is 12.5. The summed E-state index contributed by atoms with van der Waals surface area (Å²) < 4.78 is 0. The average molecular weight is 444 g/mol. The maximum Gasteiger partial charge on any atom is 0.354 e. The molecule has 1 fully saturated rings. The van der Waals surface area contributed by atoms with Gasteiger partial charge in [-0.2, -0.15) is 0 Å². The zero-order chi connectivity index (χ0) is 23.2. The van der Waals surface area contributed by atoms with Crippen LogP contribution in [-0.2, 0) is 0 Å². The molecular weight excluding hydrogens is 418 g/mol. The van der Waals surface area contributed by atoms with Crippen LogP contribution in [0.3, 0.4) is 0 Å². The van der Waals surface area contributed by atoms with Crippen LogP contribution in [0.2, 0.25) is 0 Å². The van der Waals surface area contributed by atoms with E-state index in [-0.39, 0.29) is 11.6 Å².